The summed E-state index contributed by atoms with van der Waals surface area (Å²) in [7, 11) is 0. The Hall–Kier alpha value is -10.2. The molecular weight excluding hydrogens is 961 g/mol. The van der Waals surface area contributed by atoms with E-state index < -0.39 is 35.1 Å². The maximum atomic E-state index is 14.2. The Morgan fingerprint density at radius 1 is 0.421 bits per heavy atom. The van der Waals surface area contributed by atoms with Gasteiger partial charge in [-0.25, -0.2) is 0 Å². The number of rotatable bonds is 16. The average Bonchev–Trinajstić information content (AvgIpc) is 3.44. The van der Waals surface area contributed by atoms with Crippen LogP contribution < -0.4 is 30.7 Å². The van der Waals surface area contributed by atoms with Crippen molar-refractivity contribution in [1.29, 1.82) is 0 Å². The van der Waals surface area contributed by atoms with E-state index in [0.29, 0.717) is 55.4 Å². The maximum absolute atomic E-state index is 14.2. The lowest BCUT2D eigenvalue weighted by Gasteiger charge is -2.17. The summed E-state index contributed by atoms with van der Waals surface area (Å²) in [6.07, 6.45) is 0. The average molecular weight is 1010 g/mol. The van der Waals surface area contributed by atoms with Crippen LogP contribution in [-0.4, -0.2) is 47.1 Å². The first-order valence-electron chi connectivity index (χ1n) is 24.2. The number of phenolic OH excluding ortho intramolecular Hbond substituents is 2. The second-order valence-corrected chi connectivity index (χ2v) is 17.3. The van der Waals surface area contributed by atoms with Crippen LogP contribution in [0.1, 0.15) is 66.4 Å². The zero-order chi connectivity index (χ0) is 53.3. The van der Waals surface area contributed by atoms with Crippen LogP contribution in [0.15, 0.2) is 190 Å². The number of ether oxygens (including phenoxy) is 2. The molecule has 9 aromatic carbocycles. The monoisotopic (exact) mass is 1010 g/mol. The van der Waals surface area contributed by atoms with Gasteiger partial charge in [0.2, 0.25) is 0 Å². The minimum Gasteiger partial charge on any atom is -0.505 e. The number of aryl methyl sites for hydroxylation is 2. The summed E-state index contributed by atoms with van der Waals surface area (Å²) in [5.74, 6) is -2.61. The van der Waals surface area contributed by atoms with Crippen LogP contribution in [0, 0.1) is 13.8 Å². The molecular formula is C60H50N8O8. The van der Waals surface area contributed by atoms with E-state index in [1.165, 1.54) is 0 Å². The smallest absolute Gasteiger partial charge is 0.259 e. The fraction of sp³-hybridized carbons (Fsp3) is 0.100. The second-order valence-electron chi connectivity index (χ2n) is 17.3. The third-order valence-electron chi connectivity index (χ3n) is 12.1. The number of anilines is 4. The lowest BCUT2D eigenvalue weighted by Crippen LogP contribution is -2.16. The Bertz CT molecular complexity index is 3750. The van der Waals surface area contributed by atoms with Gasteiger partial charge < -0.3 is 41.0 Å². The molecule has 6 N–H and O–H groups in total. The van der Waals surface area contributed by atoms with Crippen LogP contribution in [-0.2, 0) is 0 Å². The van der Waals surface area contributed by atoms with Crippen LogP contribution >= 0.6 is 0 Å². The number of amides is 4. The molecule has 0 spiro atoms. The lowest BCUT2D eigenvalue weighted by molar-refractivity contribution is 0.101. The van der Waals surface area contributed by atoms with E-state index >= 15 is 0 Å². The number of para-hydroxylation sites is 4. The van der Waals surface area contributed by atoms with Gasteiger partial charge in [-0.3, -0.25) is 19.2 Å². The fourth-order valence-corrected chi connectivity index (χ4v) is 8.60. The summed E-state index contributed by atoms with van der Waals surface area (Å²) < 4.78 is 11.8. The van der Waals surface area contributed by atoms with Crippen LogP contribution in [0.5, 0.6) is 23.0 Å². The molecule has 0 aliphatic carbocycles. The van der Waals surface area contributed by atoms with Gasteiger partial charge in [0.05, 0.1) is 35.5 Å². The van der Waals surface area contributed by atoms with Crippen molar-refractivity contribution >= 4 is 90.7 Å². The number of azo groups is 2. The van der Waals surface area contributed by atoms with E-state index in [-0.39, 0.29) is 69.7 Å². The number of benzene rings is 9. The Morgan fingerprint density at radius 3 is 1.24 bits per heavy atom. The van der Waals surface area contributed by atoms with Crippen LogP contribution in [0.25, 0.3) is 21.5 Å². The van der Waals surface area contributed by atoms with Gasteiger partial charge in [0.15, 0.2) is 23.0 Å². The first-order valence-corrected chi connectivity index (χ1v) is 24.2. The number of carbonyl (C=O) groups is 4. The van der Waals surface area contributed by atoms with Gasteiger partial charge >= 0.3 is 0 Å². The number of nitrogens with one attached hydrogen (secondary N) is 4. The zero-order valence-electron chi connectivity index (χ0n) is 41.7. The number of phenols is 2. The molecule has 0 radical (unpaired) electrons. The molecule has 0 fully saturated rings. The SMILES string of the molecule is CCOc1c(N=Nc2c(O)c(C(=O)Nc3cc(C)c(NC(=O)c4cc5ccccc5c(N=Nc5cccc(C(=O)Nc6ccccc6)c5OCC)c4O)c(C)c3)cc3ccccc23)cccc1C(=O)Nc1ccccc1. The van der Waals surface area contributed by atoms with Gasteiger partial charge in [-0.1, -0.05) is 97.1 Å². The van der Waals surface area contributed by atoms with Crippen molar-refractivity contribution < 1.29 is 38.9 Å². The third-order valence-corrected chi connectivity index (χ3v) is 12.1. The maximum Gasteiger partial charge on any atom is 0.259 e. The summed E-state index contributed by atoms with van der Waals surface area (Å²) in [6.45, 7) is 7.53. The molecule has 0 aliphatic rings. The molecule has 0 saturated carbocycles. The standard InChI is InChI=1S/C60H50N8O8/c1-5-75-55-44(57(71)61-39-21-9-7-10-22-39)27-17-29-48(55)65-67-51-42-25-15-13-19-37(42)33-46(53(51)69)59(73)63-41-31-35(3)50(36(4)32-41)64-60(74)47-34-38-20-14-16-26-43(38)52(54(47)70)68-66-49-30-18-28-45(56(49)76-6-2)58(72)62-40-23-11-8-12-24-40/h7-34,69-70H,5-6H2,1-4H3,(H,61,71)(H,62,72)(H,63,73)(H,64,74). The van der Waals surface area contributed by atoms with Crippen molar-refractivity contribution in [3.8, 4) is 23.0 Å². The number of hydrogen-bond acceptors (Lipinski definition) is 12. The molecule has 9 rings (SSSR count). The largest absolute Gasteiger partial charge is 0.505 e. The van der Waals surface area contributed by atoms with Crippen molar-refractivity contribution in [2.24, 2.45) is 20.5 Å². The zero-order valence-corrected chi connectivity index (χ0v) is 41.7. The second kappa shape index (κ2) is 22.7. The van der Waals surface area contributed by atoms with Gasteiger partial charge in [0.1, 0.15) is 22.7 Å². The Morgan fingerprint density at radius 2 is 0.803 bits per heavy atom. The highest BCUT2D eigenvalue weighted by Crippen LogP contribution is 2.44. The van der Waals surface area contributed by atoms with Gasteiger partial charge in [-0.15, -0.1) is 20.5 Å². The summed E-state index contributed by atoms with van der Waals surface area (Å²) in [6, 6.07) is 48.4. The number of carbonyl (C=O) groups excluding carboxylic acids is 4. The molecule has 9 aromatic rings. The number of hydrogen-bond donors (Lipinski definition) is 6. The quantitative estimate of drug-likeness (QED) is 0.0509. The van der Waals surface area contributed by atoms with E-state index in [1.807, 2.05) is 36.4 Å². The van der Waals surface area contributed by atoms with Gasteiger partial charge in [0.25, 0.3) is 23.6 Å². The molecule has 76 heavy (non-hydrogen) atoms. The van der Waals surface area contributed by atoms with Crippen molar-refractivity contribution in [3.63, 3.8) is 0 Å². The van der Waals surface area contributed by atoms with Crippen molar-refractivity contribution in [2.45, 2.75) is 27.7 Å². The summed E-state index contributed by atoms with van der Waals surface area (Å²) in [5.41, 5.74) is 3.91. The first-order chi connectivity index (χ1) is 36.9. The first kappa shape index (κ1) is 50.7. The molecule has 378 valence electrons. The summed E-state index contributed by atoms with van der Waals surface area (Å²) in [4.78, 5) is 55.1. The Labute approximate surface area is 436 Å². The molecule has 0 aromatic heterocycles. The van der Waals surface area contributed by atoms with Gasteiger partial charge in [0, 0.05) is 33.5 Å². The van der Waals surface area contributed by atoms with Crippen LogP contribution in [0.3, 0.4) is 0 Å². The van der Waals surface area contributed by atoms with Crippen molar-refractivity contribution in [3.05, 3.63) is 203 Å². The normalized spacial score (nSPS) is 11.2. The van der Waals surface area contributed by atoms with Gasteiger partial charge in [-0.05, 0) is 122 Å². The predicted octanol–water partition coefficient (Wildman–Crippen LogP) is 14.7. The third kappa shape index (κ3) is 10.9. The van der Waals surface area contributed by atoms with Crippen molar-refractivity contribution in [1.82, 2.24) is 0 Å². The molecule has 16 nitrogen and oxygen atoms in total. The van der Waals surface area contributed by atoms with E-state index in [0.717, 1.165) is 0 Å². The predicted molar refractivity (Wildman–Crippen MR) is 295 cm³/mol. The summed E-state index contributed by atoms with van der Waals surface area (Å²) in [5, 5.41) is 55.1. The number of nitrogens with zero attached hydrogens (tertiary/aromatic N) is 4. The summed E-state index contributed by atoms with van der Waals surface area (Å²) >= 11 is 0. The molecule has 0 saturated heterocycles. The molecule has 0 atom stereocenters. The fourth-order valence-electron chi connectivity index (χ4n) is 8.60. The van der Waals surface area contributed by atoms with E-state index in [1.54, 1.807) is 161 Å². The molecule has 0 unspecified atom stereocenters. The minimum absolute atomic E-state index is 0.0184. The topological polar surface area (TPSA) is 225 Å². The number of fused-ring (bicyclic) bond motifs is 2. The molecule has 0 bridgehead atoms. The van der Waals surface area contributed by atoms with E-state index in [4.69, 9.17) is 9.47 Å². The molecule has 16 heteroatoms. The highest BCUT2D eigenvalue weighted by atomic mass is 16.5. The van der Waals surface area contributed by atoms with Gasteiger partial charge in [-0.2, -0.15) is 0 Å². The van der Waals surface area contributed by atoms with Crippen LogP contribution in [0.4, 0.5) is 45.5 Å². The molecule has 0 aliphatic heterocycles. The minimum atomic E-state index is -0.650. The Balaban J connectivity index is 0.967. The van der Waals surface area contributed by atoms with E-state index in [9.17, 15) is 29.4 Å². The highest BCUT2D eigenvalue weighted by Gasteiger charge is 2.24. The molecule has 0 heterocycles. The van der Waals surface area contributed by atoms with E-state index in [2.05, 4.69) is 41.7 Å². The lowest BCUT2D eigenvalue weighted by atomic mass is 10.0. The molecule has 4 amide bonds. The van der Waals surface area contributed by atoms with Crippen LogP contribution in [0.2, 0.25) is 0 Å². The highest BCUT2D eigenvalue weighted by molar-refractivity contribution is 6.14. The Kier molecular flexibility index (Phi) is 15.1. The number of aromatic hydroxyl groups is 2. The van der Waals surface area contributed by atoms with Crippen molar-refractivity contribution in [2.75, 3.05) is 34.5 Å².